The summed E-state index contributed by atoms with van der Waals surface area (Å²) in [5.41, 5.74) is 2.33. The van der Waals surface area contributed by atoms with Gasteiger partial charge in [-0.05, 0) is 19.1 Å². The molecule has 2 N–H and O–H groups in total. The molecule has 3 rings (SSSR count). The van der Waals surface area contributed by atoms with Crippen molar-refractivity contribution in [1.29, 1.82) is 0 Å². The molecule has 31 heavy (non-hydrogen) atoms. The van der Waals surface area contributed by atoms with Gasteiger partial charge in [0, 0.05) is 19.8 Å². The number of sulfone groups is 1. The summed E-state index contributed by atoms with van der Waals surface area (Å²) in [5.74, 6) is -1.39. The van der Waals surface area contributed by atoms with E-state index < -0.39 is 33.2 Å². The lowest BCUT2D eigenvalue weighted by atomic mass is 10.2. The molecule has 3 aromatic rings. The number of halogens is 3. The fourth-order valence-electron chi connectivity index (χ4n) is 3.22. The molecule has 166 valence electrons. The van der Waals surface area contributed by atoms with Crippen LogP contribution in [0.1, 0.15) is 29.9 Å². The van der Waals surface area contributed by atoms with Crippen molar-refractivity contribution in [3.8, 4) is 11.5 Å². The number of fused-ring (bicyclic) bond motifs is 1. The van der Waals surface area contributed by atoms with Gasteiger partial charge in [0.2, 0.25) is 5.91 Å². The Hall–Kier alpha value is -3.22. The summed E-state index contributed by atoms with van der Waals surface area (Å²) in [6, 6.07) is 1.77. The summed E-state index contributed by atoms with van der Waals surface area (Å²) in [4.78, 5) is 32.0. The molecule has 0 radical (unpaired) electrons. The Morgan fingerprint density at radius 3 is 2.39 bits per heavy atom. The van der Waals surface area contributed by atoms with E-state index in [1.54, 1.807) is 0 Å². The Labute approximate surface area is 174 Å². The molecule has 0 atom stereocenters. The second-order valence-electron chi connectivity index (χ2n) is 6.64. The smallest absolute Gasteiger partial charge is 0.366 e. The lowest BCUT2D eigenvalue weighted by molar-refractivity contribution is -0.144. The van der Waals surface area contributed by atoms with E-state index in [0.717, 1.165) is 18.3 Å². The number of hydrogen-bond donors (Lipinski definition) is 1. The largest absolute Gasteiger partial charge is 0.431 e. The van der Waals surface area contributed by atoms with E-state index in [2.05, 4.69) is 9.97 Å². The molecule has 0 aliphatic carbocycles. The number of nitrogens with two attached hydrogens (primary N) is 1. The van der Waals surface area contributed by atoms with Crippen LogP contribution in [0, 0.1) is 0 Å². The van der Waals surface area contributed by atoms with Gasteiger partial charge in [0.1, 0.15) is 16.9 Å². The zero-order chi connectivity index (χ0) is 23.3. The predicted molar refractivity (Wildman–Crippen MR) is 105 cm³/mol. The van der Waals surface area contributed by atoms with E-state index in [9.17, 15) is 31.2 Å². The third kappa shape index (κ3) is 3.69. The number of nitrogens with zero attached hydrogens (tertiary/aromatic N) is 4. The van der Waals surface area contributed by atoms with Crippen LogP contribution in [0.15, 0.2) is 28.0 Å². The molecule has 9 nitrogen and oxygen atoms in total. The van der Waals surface area contributed by atoms with Crippen molar-refractivity contribution >= 4 is 26.8 Å². The van der Waals surface area contributed by atoms with Crippen LogP contribution >= 0.6 is 0 Å². The Kier molecular flexibility index (Phi) is 5.42. The molecule has 0 aliphatic rings. The summed E-state index contributed by atoms with van der Waals surface area (Å²) in [6.07, 6.45) is -3.75. The van der Waals surface area contributed by atoms with E-state index >= 15 is 0 Å². The minimum Gasteiger partial charge on any atom is -0.366 e. The monoisotopic (exact) mass is 457 g/mol. The van der Waals surface area contributed by atoms with E-state index in [4.69, 9.17) is 5.73 Å². The number of amides is 1. The average molecular weight is 457 g/mol. The summed E-state index contributed by atoms with van der Waals surface area (Å²) >= 11 is 0. The van der Waals surface area contributed by atoms with Crippen LogP contribution in [0.25, 0.3) is 22.6 Å². The van der Waals surface area contributed by atoms with Gasteiger partial charge in [-0.2, -0.15) is 13.2 Å². The van der Waals surface area contributed by atoms with Gasteiger partial charge in [-0.25, -0.2) is 13.4 Å². The quantitative estimate of drug-likeness (QED) is 0.621. The topological polar surface area (TPSA) is 130 Å². The molecule has 0 aromatic carbocycles. The number of rotatable bonds is 5. The minimum atomic E-state index is -4.79. The molecule has 1 amide bonds. The highest BCUT2D eigenvalue weighted by Gasteiger charge is 2.36. The molecule has 0 saturated carbocycles. The molecule has 0 bridgehead atoms. The Balaban J connectivity index is 2.43. The highest BCUT2D eigenvalue weighted by Crippen LogP contribution is 2.32. The van der Waals surface area contributed by atoms with Crippen LogP contribution < -0.4 is 11.3 Å². The third-order valence-electron chi connectivity index (χ3n) is 4.80. The zero-order valence-corrected chi connectivity index (χ0v) is 17.5. The van der Waals surface area contributed by atoms with Crippen molar-refractivity contribution in [2.45, 2.75) is 31.5 Å². The number of primary amides is 1. The summed E-state index contributed by atoms with van der Waals surface area (Å²) in [7, 11) is -2.56. The molecular formula is C18H18F3N5O4S. The van der Waals surface area contributed by atoms with Gasteiger partial charge in [-0.1, -0.05) is 6.92 Å². The van der Waals surface area contributed by atoms with Gasteiger partial charge in [0.25, 0.3) is 5.56 Å². The van der Waals surface area contributed by atoms with Gasteiger partial charge in [-0.3, -0.25) is 14.6 Å². The minimum absolute atomic E-state index is 0.142. The second kappa shape index (κ2) is 7.48. The molecule has 0 spiro atoms. The lowest BCUT2D eigenvalue weighted by Crippen LogP contribution is -2.28. The van der Waals surface area contributed by atoms with Crippen molar-refractivity contribution < 1.29 is 26.4 Å². The standard InChI is InChI=1S/C18H18F3N5O4S/c1-4-26-12(18(19,20)21)7-10-14(17(26)28)25(3)16(24-10)13-11(31(29,30)5-2)6-9(8-23-13)15(22)27/h6-8H,4-5H2,1-3H3,(H2,22,27). The van der Waals surface area contributed by atoms with Crippen LogP contribution in [0.4, 0.5) is 13.2 Å². The van der Waals surface area contributed by atoms with Gasteiger partial charge in [0.15, 0.2) is 15.7 Å². The molecule has 0 saturated heterocycles. The second-order valence-corrected chi connectivity index (χ2v) is 8.89. The fraction of sp³-hybridized carbons (Fsp3) is 0.333. The maximum atomic E-state index is 13.4. The Morgan fingerprint density at radius 1 is 1.23 bits per heavy atom. The maximum absolute atomic E-state index is 13.4. The summed E-state index contributed by atoms with van der Waals surface area (Å²) in [5, 5.41) is 0. The first-order chi connectivity index (χ1) is 14.3. The molecular weight excluding hydrogens is 439 g/mol. The van der Waals surface area contributed by atoms with E-state index in [1.807, 2.05) is 0 Å². The highest BCUT2D eigenvalue weighted by atomic mass is 32.2. The number of hydrogen-bond acceptors (Lipinski definition) is 6. The number of aryl methyl sites for hydroxylation is 1. The molecule has 3 aromatic heterocycles. The first-order valence-electron chi connectivity index (χ1n) is 9.03. The predicted octanol–water partition coefficient (Wildman–Crippen LogP) is 1.73. The maximum Gasteiger partial charge on any atom is 0.431 e. The lowest BCUT2D eigenvalue weighted by Gasteiger charge is -2.14. The van der Waals surface area contributed by atoms with Gasteiger partial charge in [-0.15, -0.1) is 0 Å². The van der Waals surface area contributed by atoms with Crippen LogP contribution in [0.5, 0.6) is 0 Å². The highest BCUT2D eigenvalue weighted by molar-refractivity contribution is 7.91. The van der Waals surface area contributed by atoms with E-state index in [-0.39, 0.29) is 45.3 Å². The summed E-state index contributed by atoms with van der Waals surface area (Å²) in [6.45, 7) is 2.54. The van der Waals surface area contributed by atoms with Crippen LogP contribution in [0.2, 0.25) is 0 Å². The number of imidazole rings is 1. The van der Waals surface area contributed by atoms with Gasteiger partial charge in [0.05, 0.1) is 21.7 Å². The summed E-state index contributed by atoms with van der Waals surface area (Å²) < 4.78 is 67.3. The third-order valence-corrected chi connectivity index (χ3v) is 6.55. The van der Waals surface area contributed by atoms with Crippen LogP contribution in [-0.2, 0) is 29.6 Å². The SMILES string of the molecule is CCn1c(C(F)(F)F)cc2nc(-c3ncc(C(N)=O)cc3S(=O)(=O)CC)n(C)c2c1=O. The van der Waals surface area contributed by atoms with Crippen molar-refractivity contribution in [3.63, 3.8) is 0 Å². The average Bonchev–Trinajstić information content (AvgIpc) is 3.03. The number of aromatic nitrogens is 4. The van der Waals surface area contributed by atoms with Crippen molar-refractivity contribution in [2.75, 3.05) is 5.75 Å². The Bertz CT molecular complexity index is 1370. The van der Waals surface area contributed by atoms with E-state index in [1.165, 1.54) is 25.5 Å². The first-order valence-corrected chi connectivity index (χ1v) is 10.7. The number of carbonyl (C=O) groups is 1. The van der Waals surface area contributed by atoms with Crippen molar-refractivity contribution in [3.05, 3.63) is 39.9 Å². The molecule has 0 aliphatic heterocycles. The molecule has 0 fully saturated rings. The first kappa shape index (κ1) is 22.5. The zero-order valence-electron chi connectivity index (χ0n) is 16.7. The molecule has 13 heteroatoms. The Morgan fingerprint density at radius 2 is 1.87 bits per heavy atom. The number of pyridine rings is 2. The van der Waals surface area contributed by atoms with E-state index in [0.29, 0.717) is 4.57 Å². The fourth-order valence-corrected chi connectivity index (χ4v) is 4.27. The van der Waals surface area contributed by atoms with Gasteiger partial charge >= 0.3 is 6.18 Å². The number of alkyl halides is 3. The van der Waals surface area contributed by atoms with Crippen molar-refractivity contribution in [1.82, 2.24) is 19.1 Å². The van der Waals surface area contributed by atoms with Gasteiger partial charge < -0.3 is 14.9 Å². The number of carbonyl (C=O) groups excluding carboxylic acids is 1. The van der Waals surface area contributed by atoms with Crippen LogP contribution in [0.3, 0.4) is 0 Å². The molecule has 0 unspecified atom stereocenters. The molecule has 3 heterocycles. The normalized spacial score (nSPS) is 12.5. The van der Waals surface area contributed by atoms with Crippen LogP contribution in [-0.4, -0.2) is 39.2 Å². The van der Waals surface area contributed by atoms with Crippen molar-refractivity contribution in [2.24, 2.45) is 12.8 Å².